The monoisotopic (exact) mass is 370 g/mol. The number of carbonyl (C=O) groups is 1. The van der Waals surface area contributed by atoms with E-state index in [9.17, 15) is 4.79 Å². The van der Waals surface area contributed by atoms with Gasteiger partial charge in [0.25, 0.3) is 0 Å². The van der Waals surface area contributed by atoms with Crippen LogP contribution in [0.1, 0.15) is 15.9 Å². The molecule has 0 amide bonds. The summed E-state index contributed by atoms with van der Waals surface area (Å²) in [6.45, 7) is 0.314. The fourth-order valence-electron chi connectivity index (χ4n) is 2.11. The molecule has 1 aromatic heterocycles. The van der Waals surface area contributed by atoms with Gasteiger partial charge in [-0.25, -0.2) is 4.79 Å². The maximum absolute atomic E-state index is 11.5. The third-order valence-corrected chi connectivity index (χ3v) is 3.53. The summed E-state index contributed by atoms with van der Waals surface area (Å²) in [5, 5.41) is 3.00. The third kappa shape index (κ3) is 4.67. The number of nitrogens with zero attached hydrogens (tertiary/aromatic N) is 3. The van der Waals surface area contributed by atoms with Gasteiger partial charge in [0.2, 0.25) is 11.2 Å². The van der Waals surface area contributed by atoms with Gasteiger partial charge in [-0.2, -0.15) is 15.0 Å². The standard InChI is InChI=1S/C18H15ClN4O3/c1-25-15(24)13-7-9-14(10-8-13)20-17-21-16(19)22-18(23-17)26-11-12-5-3-2-4-6-12/h2-10H,11H2,1H3,(H,20,21,22,23). The van der Waals surface area contributed by atoms with Crippen LogP contribution in [0.3, 0.4) is 0 Å². The number of nitrogens with one attached hydrogen (secondary N) is 1. The summed E-state index contributed by atoms with van der Waals surface area (Å²) >= 11 is 5.94. The first-order chi connectivity index (χ1) is 12.6. The van der Waals surface area contributed by atoms with Gasteiger partial charge in [0.1, 0.15) is 6.61 Å². The highest BCUT2D eigenvalue weighted by molar-refractivity contribution is 6.28. The molecule has 0 bridgehead atoms. The number of methoxy groups -OCH3 is 1. The van der Waals surface area contributed by atoms with Gasteiger partial charge in [-0.05, 0) is 41.4 Å². The van der Waals surface area contributed by atoms with E-state index in [1.54, 1.807) is 24.3 Å². The normalized spacial score (nSPS) is 10.2. The molecule has 0 aliphatic carbocycles. The Labute approximate surface area is 155 Å². The van der Waals surface area contributed by atoms with Crippen molar-refractivity contribution >= 4 is 29.2 Å². The van der Waals surface area contributed by atoms with Crippen LogP contribution in [0.5, 0.6) is 6.01 Å². The first-order valence-electron chi connectivity index (χ1n) is 7.68. The molecule has 2 aromatic carbocycles. The molecule has 0 spiro atoms. The van der Waals surface area contributed by atoms with Crippen molar-refractivity contribution in [1.82, 2.24) is 15.0 Å². The second kappa shape index (κ2) is 8.26. The first-order valence-corrected chi connectivity index (χ1v) is 8.05. The Balaban J connectivity index is 1.70. The molecule has 1 heterocycles. The number of ether oxygens (including phenoxy) is 2. The largest absolute Gasteiger partial charge is 0.465 e. The van der Waals surface area contributed by atoms with Crippen LogP contribution >= 0.6 is 11.6 Å². The van der Waals surface area contributed by atoms with E-state index in [-0.39, 0.29) is 17.2 Å². The van der Waals surface area contributed by atoms with Crippen LogP contribution in [0.15, 0.2) is 54.6 Å². The van der Waals surface area contributed by atoms with E-state index in [1.807, 2.05) is 30.3 Å². The van der Waals surface area contributed by atoms with Crippen LogP contribution < -0.4 is 10.1 Å². The Morgan fingerprint density at radius 2 is 1.77 bits per heavy atom. The maximum atomic E-state index is 11.5. The summed E-state index contributed by atoms with van der Waals surface area (Å²) in [7, 11) is 1.33. The second-order valence-electron chi connectivity index (χ2n) is 5.18. The molecule has 3 aromatic rings. The fourth-order valence-corrected chi connectivity index (χ4v) is 2.26. The van der Waals surface area contributed by atoms with Gasteiger partial charge in [0.05, 0.1) is 12.7 Å². The fraction of sp³-hybridized carbons (Fsp3) is 0.111. The van der Waals surface area contributed by atoms with Crippen molar-refractivity contribution < 1.29 is 14.3 Å². The van der Waals surface area contributed by atoms with Crippen molar-refractivity contribution in [2.75, 3.05) is 12.4 Å². The minimum atomic E-state index is -0.406. The highest BCUT2D eigenvalue weighted by Crippen LogP contribution is 2.18. The predicted octanol–water partition coefficient (Wildman–Crippen LogP) is 3.63. The molecule has 0 fully saturated rings. The SMILES string of the molecule is COC(=O)c1ccc(Nc2nc(Cl)nc(OCc3ccccc3)n2)cc1. The quantitative estimate of drug-likeness (QED) is 0.663. The topological polar surface area (TPSA) is 86.2 Å². The Kier molecular flexibility index (Phi) is 5.60. The second-order valence-corrected chi connectivity index (χ2v) is 5.52. The van der Waals surface area contributed by atoms with Gasteiger partial charge >= 0.3 is 12.0 Å². The van der Waals surface area contributed by atoms with Gasteiger partial charge in [0, 0.05) is 5.69 Å². The molecule has 0 aliphatic heterocycles. The van der Waals surface area contributed by atoms with Crippen LogP contribution in [0.2, 0.25) is 5.28 Å². The van der Waals surface area contributed by atoms with Gasteiger partial charge in [0.15, 0.2) is 0 Å². The van der Waals surface area contributed by atoms with E-state index in [0.29, 0.717) is 17.9 Å². The Morgan fingerprint density at radius 1 is 1.04 bits per heavy atom. The van der Waals surface area contributed by atoms with Gasteiger partial charge in [-0.15, -0.1) is 0 Å². The zero-order valence-electron chi connectivity index (χ0n) is 13.8. The van der Waals surface area contributed by atoms with E-state index in [0.717, 1.165) is 5.56 Å². The number of esters is 1. The van der Waals surface area contributed by atoms with Crippen molar-refractivity contribution in [3.63, 3.8) is 0 Å². The number of halogens is 1. The van der Waals surface area contributed by atoms with Crippen LogP contribution in [0.25, 0.3) is 0 Å². The number of hydrogen-bond acceptors (Lipinski definition) is 7. The molecule has 8 heteroatoms. The van der Waals surface area contributed by atoms with Gasteiger partial charge in [-0.1, -0.05) is 30.3 Å². The number of carbonyl (C=O) groups excluding carboxylic acids is 1. The Morgan fingerprint density at radius 3 is 2.46 bits per heavy atom. The first kappa shape index (κ1) is 17.6. The lowest BCUT2D eigenvalue weighted by molar-refractivity contribution is 0.0601. The van der Waals surface area contributed by atoms with Crippen LogP contribution in [0.4, 0.5) is 11.6 Å². The maximum Gasteiger partial charge on any atom is 0.337 e. The number of aromatic nitrogens is 3. The minimum Gasteiger partial charge on any atom is -0.465 e. The average Bonchev–Trinajstić information content (AvgIpc) is 2.67. The molecule has 0 radical (unpaired) electrons. The number of rotatable bonds is 6. The molecule has 26 heavy (non-hydrogen) atoms. The van der Waals surface area contributed by atoms with E-state index in [1.165, 1.54) is 7.11 Å². The average molecular weight is 371 g/mol. The highest BCUT2D eigenvalue weighted by Gasteiger charge is 2.08. The molecule has 1 N–H and O–H groups in total. The van der Waals surface area contributed by atoms with E-state index < -0.39 is 5.97 Å². The molecule has 132 valence electrons. The molecule has 0 unspecified atom stereocenters. The van der Waals surface area contributed by atoms with Crippen molar-refractivity contribution in [2.45, 2.75) is 6.61 Å². The number of benzene rings is 2. The smallest absolute Gasteiger partial charge is 0.337 e. The zero-order valence-corrected chi connectivity index (χ0v) is 14.6. The molecule has 0 aliphatic rings. The van der Waals surface area contributed by atoms with Crippen molar-refractivity contribution in [2.24, 2.45) is 0 Å². The molecule has 7 nitrogen and oxygen atoms in total. The number of hydrogen-bond donors (Lipinski definition) is 1. The summed E-state index contributed by atoms with van der Waals surface area (Å²) in [5.74, 6) is -0.171. The summed E-state index contributed by atoms with van der Waals surface area (Å²) < 4.78 is 10.2. The molecular weight excluding hydrogens is 356 g/mol. The van der Waals surface area contributed by atoms with Crippen LogP contribution in [-0.4, -0.2) is 28.0 Å². The summed E-state index contributed by atoms with van der Waals surface area (Å²) in [5.41, 5.74) is 2.10. The van der Waals surface area contributed by atoms with Crippen LogP contribution in [0, 0.1) is 0 Å². The van der Waals surface area contributed by atoms with E-state index in [2.05, 4.69) is 25.0 Å². The highest BCUT2D eigenvalue weighted by atomic mass is 35.5. The number of anilines is 2. The van der Waals surface area contributed by atoms with Crippen LogP contribution in [-0.2, 0) is 11.3 Å². The molecule has 0 saturated carbocycles. The van der Waals surface area contributed by atoms with Gasteiger partial charge < -0.3 is 14.8 Å². The van der Waals surface area contributed by atoms with E-state index in [4.69, 9.17) is 16.3 Å². The Bertz CT molecular complexity index is 889. The van der Waals surface area contributed by atoms with Gasteiger partial charge in [-0.3, -0.25) is 0 Å². The van der Waals surface area contributed by atoms with Crippen molar-refractivity contribution in [3.8, 4) is 6.01 Å². The molecule has 3 rings (SSSR count). The molecule has 0 saturated heterocycles. The summed E-state index contributed by atoms with van der Waals surface area (Å²) in [6.07, 6.45) is 0. The molecule has 0 atom stereocenters. The summed E-state index contributed by atoms with van der Waals surface area (Å²) in [6, 6.07) is 16.4. The lowest BCUT2D eigenvalue weighted by Gasteiger charge is -2.08. The van der Waals surface area contributed by atoms with Crippen molar-refractivity contribution in [3.05, 3.63) is 71.0 Å². The Hall–Kier alpha value is -3.19. The third-order valence-electron chi connectivity index (χ3n) is 3.36. The summed E-state index contributed by atoms with van der Waals surface area (Å²) in [4.78, 5) is 23.6. The van der Waals surface area contributed by atoms with Crippen molar-refractivity contribution in [1.29, 1.82) is 0 Å². The minimum absolute atomic E-state index is 0.0109. The zero-order chi connectivity index (χ0) is 18.4. The van der Waals surface area contributed by atoms with E-state index >= 15 is 0 Å². The lowest BCUT2D eigenvalue weighted by Crippen LogP contribution is -2.05. The lowest BCUT2D eigenvalue weighted by atomic mass is 10.2. The molecular formula is C18H15ClN4O3. The predicted molar refractivity (Wildman–Crippen MR) is 96.7 cm³/mol.